The molecule has 3 N–H and O–H groups in total. The molecule has 0 radical (unpaired) electrons. The second-order valence-corrected chi connectivity index (χ2v) is 7.13. The highest BCUT2D eigenvalue weighted by molar-refractivity contribution is 9.10. The molecule has 0 bridgehead atoms. The minimum absolute atomic E-state index is 0.234. The number of nitrogens with one attached hydrogen (secondary N) is 1. The van der Waals surface area contributed by atoms with E-state index in [4.69, 9.17) is 5.73 Å². The zero-order valence-corrected chi connectivity index (χ0v) is 13.2. The first kappa shape index (κ1) is 15.5. The van der Waals surface area contributed by atoms with E-state index in [0.29, 0.717) is 28.2 Å². The lowest BCUT2D eigenvalue weighted by atomic mass is 10.1. The Hall–Kier alpha value is -0.590. The second-order valence-electron chi connectivity index (χ2n) is 4.48. The molecule has 1 aromatic rings. The number of halogens is 1. The molecule has 18 heavy (non-hydrogen) atoms. The third-order valence-electron chi connectivity index (χ3n) is 2.97. The van der Waals surface area contributed by atoms with E-state index in [1.165, 1.54) is 0 Å². The Morgan fingerprint density at radius 2 is 2.06 bits per heavy atom. The van der Waals surface area contributed by atoms with Crippen LogP contribution in [-0.4, -0.2) is 15.0 Å². The fourth-order valence-electron chi connectivity index (χ4n) is 1.43. The highest BCUT2D eigenvalue weighted by Gasteiger charge is 2.19. The van der Waals surface area contributed by atoms with Crippen LogP contribution < -0.4 is 10.5 Å². The molecule has 0 aliphatic carbocycles. The van der Waals surface area contributed by atoms with Gasteiger partial charge in [0.2, 0.25) is 10.0 Å². The number of hydrogen-bond acceptors (Lipinski definition) is 3. The second kappa shape index (κ2) is 6.04. The minimum Gasteiger partial charge on any atom is -0.398 e. The van der Waals surface area contributed by atoms with Crippen molar-refractivity contribution in [3.63, 3.8) is 0 Å². The van der Waals surface area contributed by atoms with Crippen LogP contribution in [0.2, 0.25) is 0 Å². The van der Waals surface area contributed by atoms with Gasteiger partial charge in [-0.1, -0.05) is 36.2 Å². The first-order valence-corrected chi connectivity index (χ1v) is 8.10. The Labute approximate surface area is 117 Å². The molecular formula is C12H19BrN2O2S. The predicted octanol–water partition coefficient (Wildman–Crippen LogP) is 2.66. The van der Waals surface area contributed by atoms with Crippen LogP contribution in [0.4, 0.5) is 5.69 Å². The highest BCUT2D eigenvalue weighted by Crippen LogP contribution is 2.26. The molecule has 1 atom stereocenters. The number of benzene rings is 1. The molecule has 0 aliphatic heterocycles. The van der Waals surface area contributed by atoms with Crippen LogP contribution >= 0.6 is 15.9 Å². The zero-order chi connectivity index (χ0) is 13.9. The van der Waals surface area contributed by atoms with E-state index in [-0.39, 0.29) is 4.90 Å². The Bertz CT molecular complexity index is 529. The molecular weight excluding hydrogens is 316 g/mol. The molecule has 0 heterocycles. The zero-order valence-electron chi connectivity index (χ0n) is 10.8. The van der Waals surface area contributed by atoms with Gasteiger partial charge in [-0.3, -0.25) is 0 Å². The third kappa shape index (κ3) is 3.70. The number of anilines is 1. The van der Waals surface area contributed by atoms with Crippen molar-refractivity contribution in [2.75, 3.05) is 12.3 Å². The summed E-state index contributed by atoms with van der Waals surface area (Å²) in [5.74, 6) is 0.310. The molecule has 0 fully saturated rings. The van der Waals surface area contributed by atoms with Crippen LogP contribution in [0.25, 0.3) is 0 Å². The SMILES string of the molecule is CCC(C)CNS(=O)(=O)c1cc(Br)cc(N)c1C. The quantitative estimate of drug-likeness (QED) is 0.813. The molecule has 1 rings (SSSR count). The van der Waals surface area contributed by atoms with Gasteiger partial charge in [0.1, 0.15) is 0 Å². The van der Waals surface area contributed by atoms with Crippen molar-refractivity contribution < 1.29 is 8.42 Å². The van der Waals surface area contributed by atoms with E-state index in [9.17, 15) is 8.42 Å². The van der Waals surface area contributed by atoms with Crippen LogP contribution in [0.3, 0.4) is 0 Å². The molecule has 1 unspecified atom stereocenters. The van der Waals surface area contributed by atoms with Crippen LogP contribution in [0.1, 0.15) is 25.8 Å². The van der Waals surface area contributed by atoms with Gasteiger partial charge in [0, 0.05) is 16.7 Å². The summed E-state index contributed by atoms with van der Waals surface area (Å²) in [5.41, 5.74) is 6.82. The van der Waals surface area contributed by atoms with Crippen molar-refractivity contribution in [2.24, 2.45) is 5.92 Å². The number of sulfonamides is 1. The summed E-state index contributed by atoms with van der Waals surface area (Å²) in [5, 5.41) is 0. The van der Waals surface area contributed by atoms with Gasteiger partial charge < -0.3 is 5.73 Å². The third-order valence-corrected chi connectivity index (χ3v) is 4.98. The molecule has 0 aliphatic rings. The molecule has 6 heteroatoms. The number of hydrogen-bond donors (Lipinski definition) is 2. The summed E-state index contributed by atoms with van der Waals surface area (Å²) in [6.45, 7) is 6.18. The summed E-state index contributed by atoms with van der Waals surface area (Å²) in [7, 11) is -3.50. The van der Waals surface area contributed by atoms with Gasteiger partial charge in [0.15, 0.2) is 0 Å². The summed E-state index contributed by atoms with van der Waals surface area (Å²) >= 11 is 3.26. The first-order valence-electron chi connectivity index (χ1n) is 5.83. The van der Waals surface area contributed by atoms with Crippen LogP contribution in [0, 0.1) is 12.8 Å². The lowest BCUT2D eigenvalue weighted by Crippen LogP contribution is -2.29. The smallest absolute Gasteiger partial charge is 0.240 e. The van der Waals surface area contributed by atoms with Gasteiger partial charge in [-0.05, 0) is 30.5 Å². The maximum Gasteiger partial charge on any atom is 0.240 e. The van der Waals surface area contributed by atoms with E-state index >= 15 is 0 Å². The molecule has 0 aromatic heterocycles. The summed E-state index contributed by atoms with van der Waals surface area (Å²) in [4.78, 5) is 0.234. The topological polar surface area (TPSA) is 72.2 Å². The van der Waals surface area contributed by atoms with Gasteiger partial charge >= 0.3 is 0 Å². The summed E-state index contributed by atoms with van der Waals surface area (Å²) < 4.78 is 27.7. The van der Waals surface area contributed by atoms with Gasteiger partial charge in [-0.15, -0.1) is 0 Å². The summed E-state index contributed by atoms with van der Waals surface area (Å²) in [6.07, 6.45) is 0.933. The van der Waals surface area contributed by atoms with Gasteiger partial charge in [-0.25, -0.2) is 13.1 Å². The normalized spacial score (nSPS) is 13.6. The number of nitrogens with two attached hydrogens (primary N) is 1. The van der Waals surface area contributed by atoms with Crippen LogP contribution in [0.15, 0.2) is 21.5 Å². The molecule has 0 spiro atoms. The Morgan fingerprint density at radius 3 is 2.61 bits per heavy atom. The molecule has 0 saturated carbocycles. The minimum atomic E-state index is -3.50. The van der Waals surface area contributed by atoms with Crippen molar-refractivity contribution in [3.8, 4) is 0 Å². The fraction of sp³-hybridized carbons (Fsp3) is 0.500. The Kier molecular flexibility index (Phi) is 5.19. The Morgan fingerprint density at radius 1 is 1.44 bits per heavy atom. The standard InChI is InChI=1S/C12H19BrN2O2S/c1-4-8(2)7-15-18(16,17)12-6-10(13)5-11(14)9(12)3/h5-6,8,15H,4,7,14H2,1-3H3. The fourth-order valence-corrected chi connectivity index (χ4v) is 3.52. The average molecular weight is 335 g/mol. The van der Waals surface area contributed by atoms with Crippen molar-refractivity contribution in [3.05, 3.63) is 22.2 Å². The van der Waals surface area contributed by atoms with Crippen LogP contribution in [-0.2, 0) is 10.0 Å². The molecule has 4 nitrogen and oxygen atoms in total. The van der Waals surface area contributed by atoms with Gasteiger partial charge in [-0.2, -0.15) is 0 Å². The Balaban J connectivity index is 3.05. The largest absolute Gasteiger partial charge is 0.398 e. The monoisotopic (exact) mass is 334 g/mol. The summed E-state index contributed by atoms with van der Waals surface area (Å²) in [6, 6.07) is 3.27. The van der Waals surface area contributed by atoms with Crippen molar-refractivity contribution in [1.29, 1.82) is 0 Å². The molecule has 0 amide bonds. The maximum atomic E-state index is 12.2. The maximum absolute atomic E-state index is 12.2. The highest BCUT2D eigenvalue weighted by atomic mass is 79.9. The van der Waals surface area contributed by atoms with E-state index in [1.807, 2.05) is 13.8 Å². The van der Waals surface area contributed by atoms with E-state index in [1.54, 1.807) is 19.1 Å². The predicted molar refractivity (Wildman–Crippen MR) is 77.9 cm³/mol. The first-order chi connectivity index (χ1) is 8.27. The van der Waals surface area contributed by atoms with E-state index in [0.717, 1.165) is 6.42 Å². The molecule has 102 valence electrons. The van der Waals surface area contributed by atoms with Crippen LogP contribution in [0.5, 0.6) is 0 Å². The van der Waals surface area contributed by atoms with Gasteiger partial charge in [0.25, 0.3) is 0 Å². The van der Waals surface area contributed by atoms with Gasteiger partial charge in [0.05, 0.1) is 4.90 Å². The van der Waals surface area contributed by atoms with E-state index < -0.39 is 10.0 Å². The van der Waals surface area contributed by atoms with Crippen molar-refractivity contribution in [2.45, 2.75) is 32.1 Å². The molecule has 0 saturated heterocycles. The lowest BCUT2D eigenvalue weighted by molar-refractivity contribution is 0.528. The lowest BCUT2D eigenvalue weighted by Gasteiger charge is -2.14. The average Bonchev–Trinajstić information content (AvgIpc) is 2.30. The van der Waals surface area contributed by atoms with Crippen molar-refractivity contribution in [1.82, 2.24) is 4.72 Å². The number of rotatable bonds is 5. The van der Waals surface area contributed by atoms with E-state index in [2.05, 4.69) is 20.7 Å². The molecule has 1 aromatic carbocycles. The van der Waals surface area contributed by atoms with Crippen molar-refractivity contribution >= 4 is 31.6 Å². The number of nitrogen functional groups attached to an aromatic ring is 1.